The minimum absolute atomic E-state index is 0.0610. The number of rotatable bonds is 6. The van der Waals surface area contributed by atoms with E-state index in [1.54, 1.807) is 29.9 Å². The van der Waals surface area contributed by atoms with Gasteiger partial charge in [-0.25, -0.2) is 14.8 Å². The number of nitrogens with one attached hydrogen (secondary N) is 1. The Balaban J connectivity index is 1.60. The molecule has 0 radical (unpaired) electrons. The number of aryl methyl sites for hydroxylation is 1. The fourth-order valence-electron chi connectivity index (χ4n) is 5.25. The Labute approximate surface area is 212 Å². The zero-order valence-electron chi connectivity index (χ0n) is 20.6. The number of hydrogen-bond acceptors (Lipinski definition) is 6. The number of nitrogens with zero attached hydrogens (tertiary/aromatic N) is 5. The van der Waals surface area contributed by atoms with Crippen molar-refractivity contribution in [3.63, 3.8) is 0 Å². The van der Waals surface area contributed by atoms with E-state index < -0.39 is 47.9 Å². The number of carbonyl (C=O) groups excluding carboxylic acids is 3. The number of pyridine rings is 1. The van der Waals surface area contributed by atoms with Crippen LogP contribution in [0.1, 0.15) is 37.7 Å². The lowest BCUT2D eigenvalue weighted by molar-refractivity contribution is -0.170. The summed E-state index contributed by atoms with van der Waals surface area (Å²) in [5, 5.41) is 2.04. The van der Waals surface area contributed by atoms with E-state index in [4.69, 9.17) is 5.73 Å². The van der Waals surface area contributed by atoms with Crippen molar-refractivity contribution < 1.29 is 27.6 Å². The first-order valence-electron chi connectivity index (χ1n) is 12.1. The van der Waals surface area contributed by atoms with Gasteiger partial charge in [-0.1, -0.05) is 19.3 Å². The second kappa shape index (κ2) is 10.4. The summed E-state index contributed by atoms with van der Waals surface area (Å²) in [6.07, 6.45) is 2.70. The molecular weight excluding hydrogens is 491 g/mol. The summed E-state index contributed by atoms with van der Waals surface area (Å²) in [6, 6.07) is -1.48. The van der Waals surface area contributed by atoms with Crippen LogP contribution in [0.4, 0.5) is 29.7 Å². The predicted molar refractivity (Wildman–Crippen MR) is 128 cm³/mol. The minimum atomic E-state index is -4.69. The molecule has 3 N–H and O–H groups in total. The number of likely N-dealkylation sites (N-methyl/N-ethyl adjacent to an activating group) is 1. The molecule has 4 amide bonds. The van der Waals surface area contributed by atoms with Crippen molar-refractivity contribution in [2.75, 3.05) is 17.7 Å². The lowest BCUT2D eigenvalue weighted by Crippen LogP contribution is -2.71. The number of halogens is 3. The number of aromatic nitrogens is 3. The molecule has 2 fully saturated rings. The highest BCUT2D eigenvalue weighted by molar-refractivity contribution is 6.12. The largest absolute Gasteiger partial charge is 0.408 e. The highest BCUT2D eigenvalue weighted by atomic mass is 19.4. The molecule has 1 saturated carbocycles. The van der Waals surface area contributed by atoms with Gasteiger partial charge in [0, 0.05) is 32.7 Å². The summed E-state index contributed by atoms with van der Waals surface area (Å²) in [4.78, 5) is 49.6. The molecule has 4 rings (SSSR count). The number of likely N-dealkylation sites (tertiary alicyclic amines) is 1. The molecule has 2 aromatic heterocycles. The zero-order valence-corrected chi connectivity index (χ0v) is 20.6. The van der Waals surface area contributed by atoms with Gasteiger partial charge in [-0.3, -0.25) is 19.4 Å². The zero-order chi connectivity index (χ0) is 26.9. The second-order valence-corrected chi connectivity index (χ2v) is 9.65. The van der Waals surface area contributed by atoms with Gasteiger partial charge in [0.2, 0.25) is 11.9 Å². The molecule has 200 valence electrons. The number of imidazole rings is 1. The molecule has 0 aromatic carbocycles. The van der Waals surface area contributed by atoms with E-state index in [1.807, 2.05) is 5.32 Å². The van der Waals surface area contributed by atoms with Crippen LogP contribution in [0.15, 0.2) is 30.7 Å². The van der Waals surface area contributed by atoms with E-state index in [-0.39, 0.29) is 18.2 Å². The van der Waals surface area contributed by atoms with Crippen molar-refractivity contribution in [2.45, 2.75) is 56.8 Å². The van der Waals surface area contributed by atoms with Crippen molar-refractivity contribution in [2.24, 2.45) is 18.9 Å². The van der Waals surface area contributed by atoms with Crippen LogP contribution in [0.3, 0.4) is 0 Å². The molecule has 0 spiro atoms. The molecule has 3 heterocycles. The fourth-order valence-corrected chi connectivity index (χ4v) is 5.25. The van der Waals surface area contributed by atoms with Gasteiger partial charge in [0.25, 0.3) is 5.91 Å². The standard InChI is InChI=1S/C24H30F3N7O3/c1-32-11-10-30-22(32)33(2)21(36)18-16(12-14-8-9-29-17(28)13-14)20(35)34(18)23(37)31-19(24(25,26)27)15-6-4-3-5-7-15/h8-11,13,15-16,18-19H,3-7,12H2,1-2H3,(H2,28,29)(H,31,37)/t16-,18+,19-/m1/s1. The molecule has 1 aliphatic carbocycles. The van der Waals surface area contributed by atoms with E-state index in [0.29, 0.717) is 36.1 Å². The molecule has 13 heteroatoms. The fraction of sp³-hybridized carbons (Fsp3) is 0.542. The Hall–Kier alpha value is -3.64. The molecule has 2 aromatic rings. The van der Waals surface area contributed by atoms with Crippen molar-refractivity contribution in [3.8, 4) is 0 Å². The Kier molecular flexibility index (Phi) is 7.42. The van der Waals surface area contributed by atoms with Crippen molar-refractivity contribution >= 4 is 29.6 Å². The number of β-lactam (4-membered cyclic amide) rings is 1. The molecule has 0 unspecified atom stereocenters. The monoisotopic (exact) mass is 521 g/mol. The first-order valence-corrected chi connectivity index (χ1v) is 12.1. The van der Waals surface area contributed by atoms with Gasteiger partial charge in [-0.05, 0) is 42.9 Å². The van der Waals surface area contributed by atoms with Crippen LogP contribution in [0.5, 0.6) is 0 Å². The number of anilines is 2. The van der Waals surface area contributed by atoms with Crippen molar-refractivity contribution in [1.29, 1.82) is 0 Å². The van der Waals surface area contributed by atoms with E-state index in [1.165, 1.54) is 24.3 Å². The average molecular weight is 522 g/mol. The lowest BCUT2D eigenvalue weighted by atomic mass is 9.81. The number of nitrogen functional groups attached to an aromatic ring is 1. The third-order valence-electron chi connectivity index (χ3n) is 7.17. The van der Waals surface area contributed by atoms with Gasteiger partial charge < -0.3 is 15.6 Å². The van der Waals surface area contributed by atoms with E-state index in [9.17, 15) is 27.6 Å². The van der Waals surface area contributed by atoms with Gasteiger partial charge in [0.15, 0.2) is 0 Å². The summed E-state index contributed by atoms with van der Waals surface area (Å²) in [7, 11) is 3.10. The maximum absolute atomic E-state index is 13.9. The first-order chi connectivity index (χ1) is 17.5. The maximum atomic E-state index is 13.9. The van der Waals surface area contributed by atoms with Crippen LogP contribution >= 0.6 is 0 Å². The summed E-state index contributed by atoms with van der Waals surface area (Å²) >= 11 is 0. The maximum Gasteiger partial charge on any atom is 0.408 e. The molecule has 10 nitrogen and oxygen atoms in total. The number of amides is 4. The third-order valence-corrected chi connectivity index (χ3v) is 7.17. The molecule has 1 aliphatic heterocycles. The SMILES string of the molecule is CN(C(=O)[C@@H]1[C@@H](Cc2ccnc(N)c2)C(=O)N1C(=O)N[C@H](C1CCCCC1)C(F)(F)F)c1nccn1C. The molecule has 1 saturated heterocycles. The van der Waals surface area contributed by atoms with Crippen molar-refractivity contribution in [1.82, 2.24) is 24.8 Å². The summed E-state index contributed by atoms with van der Waals surface area (Å²) < 4.78 is 43.4. The van der Waals surface area contributed by atoms with Crippen LogP contribution in [0.2, 0.25) is 0 Å². The average Bonchev–Trinajstić information content (AvgIpc) is 3.28. The number of nitrogens with two attached hydrogens (primary N) is 1. The van der Waals surface area contributed by atoms with Crippen LogP contribution in [-0.4, -0.2) is 62.6 Å². The van der Waals surface area contributed by atoms with Gasteiger partial charge in [0.1, 0.15) is 17.9 Å². The number of hydrogen-bond donors (Lipinski definition) is 2. The quantitative estimate of drug-likeness (QED) is 0.563. The number of alkyl halides is 3. The van der Waals surface area contributed by atoms with Gasteiger partial charge in [0.05, 0.1) is 5.92 Å². The van der Waals surface area contributed by atoms with Gasteiger partial charge in [-0.2, -0.15) is 13.2 Å². The van der Waals surface area contributed by atoms with E-state index in [2.05, 4.69) is 9.97 Å². The Morgan fingerprint density at radius 1 is 1.22 bits per heavy atom. The van der Waals surface area contributed by atoms with E-state index in [0.717, 1.165) is 6.42 Å². The molecule has 3 atom stereocenters. The number of carbonyl (C=O) groups is 3. The second-order valence-electron chi connectivity index (χ2n) is 9.65. The van der Waals surface area contributed by atoms with Gasteiger partial charge >= 0.3 is 12.2 Å². The van der Waals surface area contributed by atoms with Crippen LogP contribution in [-0.2, 0) is 23.1 Å². The normalized spacial score (nSPS) is 21.3. The Morgan fingerprint density at radius 2 is 1.92 bits per heavy atom. The lowest BCUT2D eigenvalue weighted by Gasteiger charge is -2.46. The smallest absolute Gasteiger partial charge is 0.384 e. The summed E-state index contributed by atoms with van der Waals surface area (Å²) in [5.41, 5.74) is 6.34. The van der Waals surface area contributed by atoms with E-state index >= 15 is 0 Å². The molecule has 0 bridgehead atoms. The molecule has 37 heavy (non-hydrogen) atoms. The highest BCUT2D eigenvalue weighted by Crippen LogP contribution is 2.37. The number of urea groups is 1. The topological polar surface area (TPSA) is 126 Å². The number of imide groups is 1. The first kappa shape index (κ1) is 26.4. The molecular formula is C24H30F3N7O3. The predicted octanol–water partition coefficient (Wildman–Crippen LogP) is 2.65. The Bertz CT molecular complexity index is 1160. The minimum Gasteiger partial charge on any atom is -0.384 e. The van der Waals surface area contributed by atoms with Gasteiger partial charge in [-0.15, -0.1) is 0 Å². The third kappa shape index (κ3) is 5.39. The summed E-state index contributed by atoms with van der Waals surface area (Å²) in [5.74, 6) is -2.66. The van der Waals surface area contributed by atoms with Crippen LogP contribution in [0, 0.1) is 11.8 Å². The van der Waals surface area contributed by atoms with Crippen molar-refractivity contribution in [3.05, 3.63) is 36.3 Å². The van der Waals surface area contributed by atoms with Crippen LogP contribution < -0.4 is 16.0 Å². The Morgan fingerprint density at radius 3 is 2.51 bits per heavy atom. The summed E-state index contributed by atoms with van der Waals surface area (Å²) in [6.45, 7) is 0. The molecule has 2 aliphatic rings. The highest BCUT2D eigenvalue weighted by Gasteiger charge is 2.57. The van der Waals surface area contributed by atoms with Crippen LogP contribution in [0.25, 0.3) is 0 Å².